The third-order valence-electron chi connectivity index (χ3n) is 2.87. The van der Waals surface area contributed by atoms with Crippen LogP contribution in [0.25, 0.3) is 0 Å². The van der Waals surface area contributed by atoms with Crippen LogP contribution in [0, 0.1) is 11.8 Å². The first-order valence-corrected chi connectivity index (χ1v) is 6.61. The fraction of sp³-hybridized carbons (Fsp3) is 0.250. The summed E-state index contributed by atoms with van der Waals surface area (Å²) in [5.74, 6) is 5.56. The van der Waals surface area contributed by atoms with Crippen LogP contribution in [0.1, 0.15) is 41.0 Å². The van der Waals surface area contributed by atoms with Crippen molar-refractivity contribution in [3.8, 4) is 11.8 Å². The Bertz CT molecular complexity index is 654. The highest BCUT2D eigenvalue weighted by Crippen LogP contribution is 2.14. The van der Waals surface area contributed by atoms with Gasteiger partial charge in [-0.1, -0.05) is 29.1 Å². The first kappa shape index (κ1) is 14.8. The molecule has 0 saturated heterocycles. The van der Waals surface area contributed by atoms with Crippen molar-refractivity contribution in [2.24, 2.45) is 0 Å². The third-order valence-corrected chi connectivity index (χ3v) is 2.87. The summed E-state index contributed by atoms with van der Waals surface area (Å²) in [6, 6.07) is 8.95. The van der Waals surface area contributed by atoms with Crippen LogP contribution in [0.2, 0.25) is 0 Å². The van der Waals surface area contributed by atoms with Crippen LogP contribution in [-0.4, -0.2) is 22.8 Å². The Hall–Kier alpha value is -2.58. The molecule has 1 atom stereocenters. The van der Waals surface area contributed by atoms with Crippen molar-refractivity contribution in [3.05, 3.63) is 53.4 Å². The smallest absolute Gasteiger partial charge is 0.273 e. The van der Waals surface area contributed by atoms with E-state index < -0.39 is 0 Å². The van der Waals surface area contributed by atoms with Gasteiger partial charge < -0.3 is 14.9 Å². The predicted octanol–water partition coefficient (Wildman–Crippen LogP) is 1.90. The van der Waals surface area contributed by atoms with Gasteiger partial charge >= 0.3 is 0 Å². The van der Waals surface area contributed by atoms with Crippen LogP contribution in [0.5, 0.6) is 0 Å². The number of aliphatic hydroxyl groups is 1. The van der Waals surface area contributed by atoms with Crippen molar-refractivity contribution in [2.45, 2.75) is 19.4 Å². The Kier molecular flexibility index (Phi) is 5.13. The third kappa shape index (κ3) is 4.20. The van der Waals surface area contributed by atoms with Crippen molar-refractivity contribution in [1.82, 2.24) is 10.5 Å². The van der Waals surface area contributed by atoms with Gasteiger partial charge in [0.15, 0.2) is 5.69 Å². The average Bonchev–Trinajstić information content (AvgIpc) is 3.02. The topological polar surface area (TPSA) is 75.4 Å². The van der Waals surface area contributed by atoms with Gasteiger partial charge in [-0.05, 0) is 24.6 Å². The van der Waals surface area contributed by atoms with Gasteiger partial charge in [0.2, 0.25) is 0 Å². The highest BCUT2D eigenvalue weighted by Gasteiger charge is 2.13. The number of aliphatic hydroxyl groups excluding tert-OH is 1. The summed E-state index contributed by atoms with van der Waals surface area (Å²) in [6.45, 7) is 1.94. The molecular formula is C16H16N2O3. The van der Waals surface area contributed by atoms with Crippen LogP contribution < -0.4 is 5.32 Å². The lowest BCUT2D eigenvalue weighted by molar-refractivity contribution is 0.0930. The maximum absolute atomic E-state index is 11.9. The van der Waals surface area contributed by atoms with Gasteiger partial charge in [0.25, 0.3) is 5.91 Å². The number of hydrogen-bond donors (Lipinski definition) is 2. The highest BCUT2D eigenvalue weighted by molar-refractivity contribution is 5.92. The molecule has 1 aromatic carbocycles. The molecule has 108 valence electrons. The van der Waals surface area contributed by atoms with Crippen LogP contribution in [0.4, 0.5) is 0 Å². The summed E-state index contributed by atoms with van der Waals surface area (Å²) >= 11 is 0. The van der Waals surface area contributed by atoms with E-state index in [1.54, 1.807) is 0 Å². The van der Waals surface area contributed by atoms with Crippen LogP contribution in [0.15, 0.2) is 41.1 Å². The SMILES string of the molecule is CC(NC(=O)c1ccon1)c1cccc(C#CCCO)c1. The minimum absolute atomic E-state index is 0.0524. The molecule has 1 amide bonds. The number of nitrogens with one attached hydrogen (secondary N) is 1. The predicted molar refractivity (Wildman–Crippen MR) is 77.4 cm³/mol. The summed E-state index contributed by atoms with van der Waals surface area (Å²) in [6.07, 6.45) is 1.81. The van der Waals surface area contributed by atoms with Gasteiger partial charge in [0.05, 0.1) is 12.6 Å². The minimum Gasteiger partial charge on any atom is -0.395 e. The zero-order chi connectivity index (χ0) is 15.1. The average molecular weight is 284 g/mol. The van der Waals surface area contributed by atoms with E-state index in [1.807, 2.05) is 31.2 Å². The molecule has 0 aliphatic heterocycles. The van der Waals surface area contributed by atoms with Gasteiger partial charge in [-0.3, -0.25) is 4.79 Å². The monoisotopic (exact) mass is 284 g/mol. The van der Waals surface area contributed by atoms with Gasteiger partial charge in [0, 0.05) is 18.1 Å². The Balaban J connectivity index is 2.06. The minimum atomic E-state index is -0.284. The maximum Gasteiger partial charge on any atom is 0.273 e. The molecule has 2 N–H and O–H groups in total. The fourth-order valence-corrected chi connectivity index (χ4v) is 1.79. The van der Waals surface area contributed by atoms with Gasteiger partial charge in [0.1, 0.15) is 6.26 Å². The zero-order valence-electron chi connectivity index (χ0n) is 11.7. The number of rotatable bonds is 4. The molecule has 0 spiro atoms. The molecule has 0 radical (unpaired) electrons. The summed E-state index contributed by atoms with van der Waals surface area (Å²) in [7, 11) is 0. The van der Waals surface area contributed by atoms with E-state index in [9.17, 15) is 4.79 Å². The molecule has 1 aromatic heterocycles. The van der Waals surface area contributed by atoms with Gasteiger partial charge in [-0.15, -0.1) is 0 Å². The largest absolute Gasteiger partial charge is 0.395 e. The highest BCUT2D eigenvalue weighted by atomic mass is 16.5. The number of nitrogens with zero attached hydrogens (tertiary/aromatic N) is 1. The molecule has 0 saturated carbocycles. The molecule has 1 heterocycles. The second-order valence-corrected chi connectivity index (χ2v) is 4.48. The van der Waals surface area contributed by atoms with Crippen LogP contribution in [-0.2, 0) is 0 Å². The molecule has 5 nitrogen and oxygen atoms in total. The van der Waals surface area contributed by atoms with E-state index in [-0.39, 0.29) is 24.2 Å². The van der Waals surface area contributed by atoms with Crippen molar-refractivity contribution < 1.29 is 14.4 Å². The molecule has 2 aromatic rings. The van der Waals surface area contributed by atoms with Crippen molar-refractivity contribution in [3.63, 3.8) is 0 Å². The number of amides is 1. The maximum atomic E-state index is 11.9. The lowest BCUT2D eigenvalue weighted by Crippen LogP contribution is -2.26. The second-order valence-electron chi connectivity index (χ2n) is 4.48. The Morgan fingerprint density at radius 3 is 3.05 bits per heavy atom. The molecule has 2 rings (SSSR count). The van der Waals surface area contributed by atoms with E-state index in [2.05, 4.69) is 26.8 Å². The molecule has 5 heteroatoms. The van der Waals surface area contributed by atoms with E-state index in [0.717, 1.165) is 11.1 Å². The lowest BCUT2D eigenvalue weighted by Gasteiger charge is -2.13. The first-order chi connectivity index (χ1) is 10.2. The number of carbonyl (C=O) groups excluding carboxylic acids is 1. The molecule has 0 aliphatic carbocycles. The Morgan fingerprint density at radius 2 is 2.33 bits per heavy atom. The van der Waals surface area contributed by atoms with Gasteiger partial charge in [-0.2, -0.15) is 0 Å². The number of aromatic nitrogens is 1. The molecule has 21 heavy (non-hydrogen) atoms. The van der Waals surface area contributed by atoms with E-state index >= 15 is 0 Å². The number of benzene rings is 1. The normalized spacial score (nSPS) is 11.3. The number of hydrogen-bond acceptors (Lipinski definition) is 4. The zero-order valence-corrected chi connectivity index (χ0v) is 11.7. The van der Waals surface area contributed by atoms with E-state index in [0.29, 0.717) is 6.42 Å². The van der Waals surface area contributed by atoms with Crippen LogP contribution in [0.3, 0.4) is 0 Å². The molecular weight excluding hydrogens is 268 g/mol. The van der Waals surface area contributed by atoms with Crippen molar-refractivity contribution in [2.75, 3.05) is 6.61 Å². The molecule has 0 bridgehead atoms. The molecule has 0 fully saturated rings. The van der Waals surface area contributed by atoms with Crippen molar-refractivity contribution in [1.29, 1.82) is 0 Å². The quantitative estimate of drug-likeness (QED) is 0.841. The lowest BCUT2D eigenvalue weighted by atomic mass is 10.1. The summed E-state index contributed by atoms with van der Waals surface area (Å²) < 4.78 is 4.65. The summed E-state index contributed by atoms with van der Waals surface area (Å²) in [5, 5.41) is 15.2. The van der Waals surface area contributed by atoms with E-state index in [1.165, 1.54) is 12.3 Å². The Morgan fingerprint density at radius 1 is 1.48 bits per heavy atom. The standard InChI is InChI=1S/C16H16N2O3/c1-12(17-16(20)15-8-10-21-18-15)14-7-4-6-13(11-14)5-2-3-9-19/h4,6-8,10-12,19H,3,9H2,1H3,(H,17,20). The fourth-order valence-electron chi connectivity index (χ4n) is 1.79. The Labute approximate surface area is 123 Å². The molecule has 1 unspecified atom stereocenters. The van der Waals surface area contributed by atoms with Crippen LogP contribution >= 0.6 is 0 Å². The van der Waals surface area contributed by atoms with Crippen molar-refractivity contribution >= 4 is 5.91 Å². The molecule has 0 aliphatic rings. The second kappa shape index (κ2) is 7.27. The van der Waals surface area contributed by atoms with E-state index in [4.69, 9.17) is 5.11 Å². The first-order valence-electron chi connectivity index (χ1n) is 6.61. The van der Waals surface area contributed by atoms with Gasteiger partial charge in [-0.25, -0.2) is 0 Å². The number of carbonyl (C=O) groups is 1. The summed E-state index contributed by atoms with van der Waals surface area (Å²) in [5.41, 5.74) is 2.05. The summed E-state index contributed by atoms with van der Waals surface area (Å²) in [4.78, 5) is 11.9.